The van der Waals surface area contributed by atoms with Gasteiger partial charge in [0.1, 0.15) is 0 Å². The largest absolute Gasteiger partial charge is 0.334 e. The molecule has 0 unspecified atom stereocenters. The fourth-order valence-electron chi connectivity index (χ4n) is 4.39. The Balaban J connectivity index is 1.42. The van der Waals surface area contributed by atoms with E-state index >= 15 is 0 Å². The van der Waals surface area contributed by atoms with Gasteiger partial charge in [0.05, 0.1) is 5.75 Å². The second kappa shape index (κ2) is 11.6. The summed E-state index contributed by atoms with van der Waals surface area (Å²) in [7, 11) is -3.56. The SMILES string of the molecule is O=C(C1CCN(S(=O)(=O)Cc2ccc(Cl)cc2Cl)CC1)N(Cc1ccccc1)Cc1ccccc1. The molecule has 1 aliphatic rings. The minimum atomic E-state index is -3.56. The number of hydrogen-bond donors (Lipinski definition) is 0. The summed E-state index contributed by atoms with van der Waals surface area (Å²) in [6.07, 6.45) is 0.985. The van der Waals surface area contributed by atoms with Gasteiger partial charge in [-0.2, -0.15) is 0 Å². The molecule has 0 atom stereocenters. The maximum Gasteiger partial charge on any atom is 0.226 e. The van der Waals surface area contributed by atoms with E-state index in [1.54, 1.807) is 18.2 Å². The summed E-state index contributed by atoms with van der Waals surface area (Å²) in [5.74, 6) is -0.334. The molecule has 184 valence electrons. The van der Waals surface area contributed by atoms with Gasteiger partial charge >= 0.3 is 0 Å². The van der Waals surface area contributed by atoms with Crippen LogP contribution in [0.1, 0.15) is 29.5 Å². The van der Waals surface area contributed by atoms with Crippen LogP contribution in [0.5, 0.6) is 0 Å². The number of benzene rings is 3. The molecule has 8 heteroatoms. The van der Waals surface area contributed by atoms with Gasteiger partial charge in [-0.1, -0.05) is 89.9 Å². The van der Waals surface area contributed by atoms with Crippen molar-refractivity contribution in [3.63, 3.8) is 0 Å². The van der Waals surface area contributed by atoms with Gasteiger partial charge in [-0.15, -0.1) is 0 Å². The quantitative estimate of drug-likeness (QED) is 0.371. The fraction of sp³-hybridized carbons (Fsp3) is 0.296. The number of sulfonamides is 1. The second-order valence-electron chi connectivity index (χ2n) is 8.83. The number of piperidine rings is 1. The zero-order valence-electron chi connectivity index (χ0n) is 19.3. The summed E-state index contributed by atoms with van der Waals surface area (Å²) in [6, 6.07) is 24.7. The molecule has 1 fully saturated rings. The maximum absolute atomic E-state index is 13.6. The lowest BCUT2D eigenvalue weighted by Crippen LogP contribution is -2.44. The van der Waals surface area contributed by atoms with Crippen molar-refractivity contribution in [2.45, 2.75) is 31.7 Å². The van der Waals surface area contributed by atoms with Crippen LogP contribution < -0.4 is 0 Å². The predicted molar refractivity (Wildman–Crippen MR) is 141 cm³/mol. The van der Waals surface area contributed by atoms with E-state index in [1.165, 1.54) is 4.31 Å². The Labute approximate surface area is 217 Å². The smallest absolute Gasteiger partial charge is 0.226 e. The first-order chi connectivity index (χ1) is 16.8. The monoisotopic (exact) mass is 530 g/mol. The van der Waals surface area contributed by atoms with Crippen molar-refractivity contribution in [3.05, 3.63) is 106 Å². The Morgan fingerprint density at radius 1 is 0.857 bits per heavy atom. The second-order valence-corrected chi connectivity index (χ2v) is 11.6. The van der Waals surface area contributed by atoms with E-state index < -0.39 is 10.0 Å². The summed E-state index contributed by atoms with van der Waals surface area (Å²) < 4.78 is 27.5. The predicted octanol–water partition coefficient (Wildman–Crippen LogP) is 5.76. The van der Waals surface area contributed by atoms with E-state index in [1.807, 2.05) is 65.6 Å². The normalized spacial score (nSPS) is 15.1. The van der Waals surface area contributed by atoms with Gasteiger partial charge in [0.15, 0.2) is 0 Å². The number of amides is 1. The Kier molecular flexibility index (Phi) is 8.50. The highest BCUT2D eigenvalue weighted by molar-refractivity contribution is 7.88. The van der Waals surface area contributed by atoms with Crippen LogP contribution in [0.2, 0.25) is 10.0 Å². The molecule has 0 spiro atoms. The topological polar surface area (TPSA) is 57.7 Å². The highest BCUT2D eigenvalue weighted by Crippen LogP contribution is 2.27. The van der Waals surface area contributed by atoms with Crippen LogP contribution in [0.15, 0.2) is 78.9 Å². The molecule has 4 rings (SSSR count). The minimum absolute atomic E-state index is 0.0653. The average molecular weight is 532 g/mol. The molecular formula is C27H28Cl2N2O3S. The van der Waals surface area contributed by atoms with Crippen molar-refractivity contribution in [2.24, 2.45) is 5.92 Å². The highest BCUT2D eigenvalue weighted by atomic mass is 35.5. The molecule has 1 saturated heterocycles. The number of carbonyl (C=O) groups is 1. The van der Waals surface area contributed by atoms with Crippen molar-refractivity contribution < 1.29 is 13.2 Å². The highest BCUT2D eigenvalue weighted by Gasteiger charge is 2.33. The molecule has 0 radical (unpaired) electrons. The van der Waals surface area contributed by atoms with Crippen LogP contribution in [0, 0.1) is 5.92 Å². The van der Waals surface area contributed by atoms with Gasteiger partial charge < -0.3 is 4.90 Å². The molecule has 5 nitrogen and oxygen atoms in total. The molecule has 35 heavy (non-hydrogen) atoms. The third kappa shape index (κ3) is 6.85. The van der Waals surface area contributed by atoms with Gasteiger partial charge in [-0.3, -0.25) is 4.79 Å². The lowest BCUT2D eigenvalue weighted by molar-refractivity contribution is -0.138. The number of rotatable bonds is 8. The molecule has 3 aromatic rings. The third-order valence-electron chi connectivity index (χ3n) is 6.29. The van der Waals surface area contributed by atoms with Crippen molar-refractivity contribution in [3.8, 4) is 0 Å². The summed E-state index contributed by atoms with van der Waals surface area (Å²) in [5.41, 5.74) is 2.65. The standard InChI is InChI=1S/C27H28Cl2N2O3S/c28-25-12-11-24(26(29)17-25)20-35(33,34)31-15-13-23(14-16-31)27(32)30(18-21-7-3-1-4-8-21)19-22-9-5-2-6-10-22/h1-12,17,23H,13-16,18-20H2. The number of hydrogen-bond acceptors (Lipinski definition) is 3. The van der Waals surface area contributed by atoms with Crippen LogP contribution in [-0.4, -0.2) is 36.6 Å². The Bertz CT molecular complexity index is 1200. The van der Waals surface area contributed by atoms with Crippen molar-refractivity contribution in [2.75, 3.05) is 13.1 Å². The van der Waals surface area contributed by atoms with Crippen LogP contribution in [-0.2, 0) is 33.7 Å². The molecule has 0 N–H and O–H groups in total. The first-order valence-electron chi connectivity index (χ1n) is 11.6. The van der Waals surface area contributed by atoms with E-state index in [0.717, 1.165) is 11.1 Å². The third-order valence-corrected chi connectivity index (χ3v) is 8.71. The fourth-order valence-corrected chi connectivity index (χ4v) is 6.53. The van der Waals surface area contributed by atoms with Gasteiger partial charge in [0.25, 0.3) is 0 Å². The van der Waals surface area contributed by atoms with Crippen LogP contribution >= 0.6 is 23.2 Å². The summed E-state index contributed by atoms with van der Waals surface area (Å²) in [6.45, 7) is 1.66. The Morgan fingerprint density at radius 3 is 1.91 bits per heavy atom. The van der Waals surface area contributed by atoms with Gasteiger partial charge in [0, 0.05) is 42.1 Å². The van der Waals surface area contributed by atoms with E-state index in [2.05, 4.69) is 0 Å². The minimum Gasteiger partial charge on any atom is -0.334 e. The summed E-state index contributed by atoms with van der Waals surface area (Å²) in [5, 5.41) is 0.801. The van der Waals surface area contributed by atoms with E-state index in [0.29, 0.717) is 54.6 Å². The van der Waals surface area contributed by atoms with E-state index in [9.17, 15) is 13.2 Å². The van der Waals surface area contributed by atoms with Crippen LogP contribution in [0.4, 0.5) is 0 Å². The van der Waals surface area contributed by atoms with Crippen LogP contribution in [0.25, 0.3) is 0 Å². The van der Waals surface area contributed by atoms with E-state index in [-0.39, 0.29) is 17.6 Å². The molecule has 0 aromatic heterocycles. The summed E-state index contributed by atoms with van der Waals surface area (Å²) >= 11 is 12.1. The summed E-state index contributed by atoms with van der Waals surface area (Å²) in [4.78, 5) is 15.4. The molecule has 0 aliphatic carbocycles. The number of nitrogens with zero attached hydrogens (tertiary/aromatic N) is 2. The molecule has 1 aliphatic heterocycles. The average Bonchev–Trinajstić information content (AvgIpc) is 2.86. The Hall–Kier alpha value is -2.38. The number of halogens is 2. The molecule has 1 amide bonds. The van der Waals surface area contributed by atoms with E-state index in [4.69, 9.17) is 23.2 Å². The van der Waals surface area contributed by atoms with Crippen LogP contribution in [0.3, 0.4) is 0 Å². The molecular weight excluding hydrogens is 503 g/mol. The number of carbonyl (C=O) groups excluding carboxylic acids is 1. The van der Waals surface area contributed by atoms with Gasteiger partial charge in [-0.25, -0.2) is 12.7 Å². The zero-order chi connectivity index (χ0) is 24.8. The van der Waals surface area contributed by atoms with Gasteiger partial charge in [-0.05, 0) is 41.7 Å². The van der Waals surface area contributed by atoms with Crippen molar-refractivity contribution >= 4 is 39.1 Å². The van der Waals surface area contributed by atoms with Crippen molar-refractivity contribution in [1.82, 2.24) is 9.21 Å². The van der Waals surface area contributed by atoms with Gasteiger partial charge in [0.2, 0.25) is 15.9 Å². The molecule has 0 bridgehead atoms. The maximum atomic E-state index is 13.6. The lowest BCUT2D eigenvalue weighted by Gasteiger charge is -2.34. The first kappa shape index (κ1) is 25.7. The lowest BCUT2D eigenvalue weighted by atomic mass is 9.96. The molecule has 3 aromatic carbocycles. The zero-order valence-corrected chi connectivity index (χ0v) is 21.6. The molecule has 0 saturated carbocycles. The van der Waals surface area contributed by atoms with Crippen molar-refractivity contribution in [1.29, 1.82) is 0 Å². The first-order valence-corrected chi connectivity index (χ1v) is 14.0. The Morgan fingerprint density at radius 2 is 1.40 bits per heavy atom. The molecule has 1 heterocycles.